The summed E-state index contributed by atoms with van der Waals surface area (Å²) in [5.74, 6) is 0.309. The third-order valence-corrected chi connectivity index (χ3v) is 4.43. The lowest BCUT2D eigenvalue weighted by Crippen LogP contribution is -2.43. The van der Waals surface area contributed by atoms with Crippen molar-refractivity contribution >= 4 is 17.5 Å². The SMILES string of the molecule is O=C(c1ccc(Cl)o1)N1CCC2(CCNC2)CC1. The van der Waals surface area contributed by atoms with E-state index in [1.165, 1.54) is 6.42 Å². The molecule has 1 spiro atoms. The molecular weight excluding hydrogens is 252 g/mol. The molecule has 2 saturated heterocycles. The maximum atomic E-state index is 12.2. The quantitative estimate of drug-likeness (QED) is 0.849. The second-order valence-corrected chi connectivity index (χ2v) is 5.70. The van der Waals surface area contributed by atoms with E-state index in [0.717, 1.165) is 39.0 Å². The molecule has 1 N–H and O–H groups in total. The molecule has 98 valence electrons. The van der Waals surface area contributed by atoms with E-state index >= 15 is 0 Å². The van der Waals surface area contributed by atoms with Gasteiger partial charge in [0.2, 0.25) is 0 Å². The third-order valence-electron chi connectivity index (χ3n) is 4.23. The number of nitrogens with zero attached hydrogens (tertiary/aromatic N) is 1. The molecule has 0 aromatic carbocycles. The minimum Gasteiger partial charge on any atom is -0.440 e. The van der Waals surface area contributed by atoms with Crippen LogP contribution in [0.25, 0.3) is 0 Å². The number of likely N-dealkylation sites (tertiary alicyclic amines) is 1. The average Bonchev–Trinajstić information content (AvgIpc) is 3.00. The number of piperidine rings is 1. The fourth-order valence-corrected chi connectivity index (χ4v) is 3.14. The van der Waals surface area contributed by atoms with Crippen LogP contribution in [0.5, 0.6) is 0 Å². The number of nitrogens with one attached hydrogen (secondary N) is 1. The largest absolute Gasteiger partial charge is 0.440 e. The highest BCUT2D eigenvalue weighted by Gasteiger charge is 2.38. The number of furan rings is 1. The monoisotopic (exact) mass is 268 g/mol. The molecule has 3 heterocycles. The summed E-state index contributed by atoms with van der Waals surface area (Å²) in [4.78, 5) is 14.0. The van der Waals surface area contributed by atoms with Crippen molar-refractivity contribution in [2.45, 2.75) is 19.3 Å². The van der Waals surface area contributed by atoms with Gasteiger partial charge >= 0.3 is 0 Å². The van der Waals surface area contributed by atoms with Gasteiger partial charge in [-0.15, -0.1) is 0 Å². The van der Waals surface area contributed by atoms with Crippen LogP contribution in [0, 0.1) is 5.41 Å². The number of amides is 1. The number of rotatable bonds is 1. The van der Waals surface area contributed by atoms with Gasteiger partial charge in [-0.2, -0.15) is 0 Å². The van der Waals surface area contributed by atoms with Gasteiger partial charge in [0, 0.05) is 19.6 Å². The van der Waals surface area contributed by atoms with Crippen molar-refractivity contribution in [3.8, 4) is 0 Å². The number of halogens is 1. The van der Waals surface area contributed by atoms with Crippen molar-refractivity contribution in [2.75, 3.05) is 26.2 Å². The van der Waals surface area contributed by atoms with Crippen LogP contribution in [0.2, 0.25) is 5.22 Å². The summed E-state index contributed by atoms with van der Waals surface area (Å²) in [7, 11) is 0. The van der Waals surface area contributed by atoms with E-state index in [4.69, 9.17) is 16.0 Å². The van der Waals surface area contributed by atoms with Crippen LogP contribution in [0.4, 0.5) is 0 Å². The van der Waals surface area contributed by atoms with Crippen LogP contribution >= 0.6 is 11.6 Å². The molecule has 5 heteroatoms. The summed E-state index contributed by atoms with van der Waals surface area (Å²) in [5, 5.41) is 3.69. The first-order valence-electron chi connectivity index (χ1n) is 6.44. The predicted octanol–water partition coefficient (Wildman–Crippen LogP) is 2.15. The van der Waals surface area contributed by atoms with Crippen molar-refractivity contribution in [2.24, 2.45) is 5.41 Å². The van der Waals surface area contributed by atoms with Crippen molar-refractivity contribution < 1.29 is 9.21 Å². The lowest BCUT2D eigenvalue weighted by Gasteiger charge is -2.38. The van der Waals surface area contributed by atoms with E-state index in [0.29, 0.717) is 11.2 Å². The highest BCUT2D eigenvalue weighted by atomic mass is 35.5. The summed E-state index contributed by atoms with van der Waals surface area (Å²) in [6.45, 7) is 3.85. The van der Waals surface area contributed by atoms with E-state index in [2.05, 4.69) is 5.32 Å². The zero-order valence-electron chi connectivity index (χ0n) is 10.2. The number of carbonyl (C=O) groups excluding carboxylic acids is 1. The molecule has 0 saturated carbocycles. The average molecular weight is 269 g/mol. The lowest BCUT2D eigenvalue weighted by atomic mass is 9.78. The van der Waals surface area contributed by atoms with Gasteiger partial charge in [-0.1, -0.05) is 0 Å². The fourth-order valence-electron chi connectivity index (χ4n) is 2.99. The minimum absolute atomic E-state index is 0.0392. The minimum atomic E-state index is -0.0392. The van der Waals surface area contributed by atoms with Crippen LogP contribution in [-0.2, 0) is 0 Å². The summed E-state index contributed by atoms with van der Waals surface area (Å²) >= 11 is 5.70. The molecule has 0 unspecified atom stereocenters. The molecule has 2 fully saturated rings. The Labute approximate surface area is 111 Å². The topological polar surface area (TPSA) is 45.5 Å². The number of hydrogen-bond donors (Lipinski definition) is 1. The number of carbonyl (C=O) groups is 1. The van der Waals surface area contributed by atoms with Crippen LogP contribution < -0.4 is 5.32 Å². The van der Waals surface area contributed by atoms with Gasteiger partial charge in [0.05, 0.1) is 0 Å². The third kappa shape index (κ3) is 2.15. The molecule has 2 aliphatic rings. The smallest absolute Gasteiger partial charge is 0.289 e. The molecule has 1 amide bonds. The van der Waals surface area contributed by atoms with E-state index in [1.807, 2.05) is 4.90 Å². The number of hydrogen-bond acceptors (Lipinski definition) is 3. The van der Waals surface area contributed by atoms with Crippen molar-refractivity contribution in [3.63, 3.8) is 0 Å². The van der Waals surface area contributed by atoms with Gasteiger partial charge in [-0.3, -0.25) is 4.79 Å². The van der Waals surface area contributed by atoms with Gasteiger partial charge in [0.1, 0.15) is 0 Å². The van der Waals surface area contributed by atoms with Crippen molar-refractivity contribution in [1.29, 1.82) is 0 Å². The van der Waals surface area contributed by atoms with Gasteiger partial charge in [0.15, 0.2) is 11.0 Å². The summed E-state index contributed by atoms with van der Waals surface area (Å²) in [6, 6.07) is 3.26. The highest BCUT2D eigenvalue weighted by Crippen LogP contribution is 2.37. The lowest BCUT2D eigenvalue weighted by molar-refractivity contribution is 0.0577. The Bertz CT molecular complexity index is 442. The van der Waals surface area contributed by atoms with Gasteiger partial charge in [-0.05, 0) is 55.0 Å². The first-order chi connectivity index (χ1) is 8.69. The Kier molecular flexibility index (Phi) is 3.08. The predicted molar refractivity (Wildman–Crippen MR) is 68.8 cm³/mol. The van der Waals surface area contributed by atoms with Crippen LogP contribution in [0.1, 0.15) is 29.8 Å². The van der Waals surface area contributed by atoms with Crippen LogP contribution in [0.3, 0.4) is 0 Å². The maximum absolute atomic E-state index is 12.2. The molecule has 0 atom stereocenters. The summed E-state index contributed by atoms with van der Waals surface area (Å²) < 4.78 is 5.18. The molecule has 2 aliphatic heterocycles. The molecule has 0 radical (unpaired) electrons. The molecule has 1 aromatic rings. The molecule has 4 nitrogen and oxygen atoms in total. The van der Waals surface area contributed by atoms with Crippen molar-refractivity contribution in [1.82, 2.24) is 10.2 Å². The zero-order valence-corrected chi connectivity index (χ0v) is 11.0. The molecule has 1 aromatic heterocycles. The Morgan fingerprint density at radius 1 is 1.33 bits per heavy atom. The van der Waals surface area contributed by atoms with Crippen LogP contribution in [-0.4, -0.2) is 37.0 Å². The first kappa shape index (κ1) is 12.1. The zero-order chi connectivity index (χ0) is 12.6. The second kappa shape index (κ2) is 4.59. The Hall–Kier alpha value is -1.00. The van der Waals surface area contributed by atoms with E-state index < -0.39 is 0 Å². The molecule has 3 rings (SSSR count). The van der Waals surface area contributed by atoms with E-state index in [-0.39, 0.29) is 11.1 Å². The molecule has 0 aliphatic carbocycles. The first-order valence-corrected chi connectivity index (χ1v) is 6.82. The molecule has 0 bridgehead atoms. The molecule has 18 heavy (non-hydrogen) atoms. The van der Waals surface area contributed by atoms with E-state index in [9.17, 15) is 4.79 Å². The van der Waals surface area contributed by atoms with Gasteiger partial charge in [0.25, 0.3) is 5.91 Å². The van der Waals surface area contributed by atoms with Crippen LogP contribution in [0.15, 0.2) is 16.5 Å². The summed E-state index contributed by atoms with van der Waals surface area (Å²) in [5.41, 5.74) is 0.428. The Morgan fingerprint density at radius 2 is 2.11 bits per heavy atom. The second-order valence-electron chi connectivity index (χ2n) is 5.32. The van der Waals surface area contributed by atoms with Gasteiger partial charge < -0.3 is 14.6 Å². The standard InChI is InChI=1S/C13H17ClN2O2/c14-11-2-1-10(18-11)12(17)16-7-4-13(5-8-16)3-6-15-9-13/h1-2,15H,3-9H2. The summed E-state index contributed by atoms with van der Waals surface area (Å²) in [6.07, 6.45) is 3.40. The highest BCUT2D eigenvalue weighted by molar-refractivity contribution is 6.29. The van der Waals surface area contributed by atoms with Crippen molar-refractivity contribution in [3.05, 3.63) is 23.1 Å². The Morgan fingerprint density at radius 3 is 2.67 bits per heavy atom. The molecular formula is C13H17ClN2O2. The fraction of sp³-hybridized carbons (Fsp3) is 0.615. The maximum Gasteiger partial charge on any atom is 0.289 e. The normalized spacial score (nSPS) is 22.6. The van der Waals surface area contributed by atoms with E-state index in [1.54, 1.807) is 12.1 Å². The van der Waals surface area contributed by atoms with Gasteiger partial charge in [-0.25, -0.2) is 0 Å². The Balaban J connectivity index is 1.64.